The molecular formula is C24H38O. The van der Waals surface area contributed by atoms with Crippen LogP contribution in [0.2, 0.25) is 0 Å². The Morgan fingerprint density at radius 1 is 0.840 bits per heavy atom. The predicted molar refractivity (Wildman–Crippen MR) is 107 cm³/mol. The summed E-state index contributed by atoms with van der Waals surface area (Å²) in [5, 5.41) is 0. The van der Waals surface area contributed by atoms with Gasteiger partial charge in [-0.2, -0.15) is 0 Å². The van der Waals surface area contributed by atoms with Crippen LogP contribution in [-0.2, 0) is 0 Å². The monoisotopic (exact) mass is 342 g/mol. The highest BCUT2D eigenvalue weighted by Gasteiger charge is 2.35. The first-order valence-corrected chi connectivity index (χ1v) is 10.9. The molecule has 0 N–H and O–H groups in total. The van der Waals surface area contributed by atoms with Crippen LogP contribution in [0.15, 0.2) is 24.3 Å². The van der Waals surface area contributed by atoms with Gasteiger partial charge in [-0.05, 0) is 73.5 Å². The van der Waals surface area contributed by atoms with Crippen molar-refractivity contribution in [3.05, 3.63) is 29.8 Å². The zero-order valence-electron chi connectivity index (χ0n) is 16.5. The van der Waals surface area contributed by atoms with Crippen molar-refractivity contribution in [3.8, 4) is 5.75 Å². The predicted octanol–water partition coefficient (Wildman–Crippen LogP) is 7.36. The Morgan fingerprint density at radius 2 is 1.56 bits per heavy atom. The molecule has 4 atom stereocenters. The molecular weight excluding hydrogens is 304 g/mol. The maximum Gasteiger partial charge on any atom is 0.118 e. The number of fused-ring (bicyclic) bond motifs is 1. The van der Waals surface area contributed by atoms with Gasteiger partial charge >= 0.3 is 0 Å². The highest BCUT2D eigenvalue weighted by molar-refractivity contribution is 5.29. The minimum absolute atomic E-state index is 0.790. The summed E-state index contributed by atoms with van der Waals surface area (Å²) in [4.78, 5) is 0. The largest absolute Gasteiger partial charge is 0.497 e. The van der Waals surface area contributed by atoms with Gasteiger partial charge in [-0.15, -0.1) is 0 Å². The van der Waals surface area contributed by atoms with E-state index in [0.29, 0.717) is 0 Å². The van der Waals surface area contributed by atoms with Crippen molar-refractivity contribution in [3.63, 3.8) is 0 Å². The quantitative estimate of drug-likeness (QED) is 0.448. The lowest BCUT2D eigenvalue weighted by Gasteiger charge is -2.42. The molecule has 3 rings (SSSR count). The molecule has 0 aromatic heterocycles. The number of hydrogen-bond acceptors (Lipinski definition) is 1. The molecule has 2 fully saturated rings. The first-order valence-electron chi connectivity index (χ1n) is 10.9. The molecule has 25 heavy (non-hydrogen) atoms. The molecule has 0 aliphatic heterocycles. The number of unbranched alkanes of at least 4 members (excludes halogenated alkanes) is 4. The molecule has 0 bridgehead atoms. The summed E-state index contributed by atoms with van der Waals surface area (Å²) in [6.07, 6.45) is 17.5. The number of hydrogen-bond donors (Lipinski definition) is 0. The highest BCUT2D eigenvalue weighted by atomic mass is 16.5. The van der Waals surface area contributed by atoms with Crippen LogP contribution >= 0.6 is 0 Å². The maximum atomic E-state index is 5.31. The molecule has 0 radical (unpaired) electrons. The smallest absolute Gasteiger partial charge is 0.118 e. The fraction of sp³-hybridized carbons (Fsp3) is 0.750. The Kier molecular flexibility index (Phi) is 7.25. The van der Waals surface area contributed by atoms with E-state index in [4.69, 9.17) is 4.74 Å². The molecule has 2 aliphatic rings. The minimum atomic E-state index is 0.790. The van der Waals surface area contributed by atoms with Crippen LogP contribution in [0, 0.1) is 17.8 Å². The summed E-state index contributed by atoms with van der Waals surface area (Å²) in [5.41, 5.74) is 1.54. The first-order chi connectivity index (χ1) is 12.3. The molecule has 1 aromatic rings. The summed E-state index contributed by atoms with van der Waals surface area (Å²) in [6.45, 7) is 2.31. The van der Waals surface area contributed by atoms with E-state index in [1.807, 2.05) is 0 Å². The van der Waals surface area contributed by atoms with Gasteiger partial charge in [0.1, 0.15) is 5.75 Å². The van der Waals surface area contributed by atoms with Crippen molar-refractivity contribution in [1.82, 2.24) is 0 Å². The van der Waals surface area contributed by atoms with Gasteiger partial charge < -0.3 is 4.74 Å². The molecule has 0 spiro atoms. The summed E-state index contributed by atoms with van der Waals surface area (Å²) >= 11 is 0. The van der Waals surface area contributed by atoms with Gasteiger partial charge in [0, 0.05) is 0 Å². The summed E-state index contributed by atoms with van der Waals surface area (Å²) in [5.74, 6) is 4.84. The minimum Gasteiger partial charge on any atom is -0.497 e. The molecule has 1 aromatic carbocycles. The van der Waals surface area contributed by atoms with Gasteiger partial charge in [-0.3, -0.25) is 0 Å². The number of benzene rings is 1. The fourth-order valence-electron chi connectivity index (χ4n) is 5.46. The molecule has 2 saturated carbocycles. The van der Waals surface area contributed by atoms with E-state index < -0.39 is 0 Å². The van der Waals surface area contributed by atoms with Crippen molar-refractivity contribution >= 4 is 0 Å². The average molecular weight is 343 g/mol. The SMILES string of the molecule is CCCCCCCC1CCC2CC(c3ccc(OC)cc3)CCC2C1. The van der Waals surface area contributed by atoms with Crippen LogP contribution in [0.25, 0.3) is 0 Å². The van der Waals surface area contributed by atoms with Crippen LogP contribution in [-0.4, -0.2) is 7.11 Å². The molecule has 2 aliphatic carbocycles. The normalized spacial score (nSPS) is 29.2. The second-order valence-electron chi connectivity index (χ2n) is 8.69. The van der Waals surface area contributed by atoms with Gasteiger partial charge in [0.15, 0.2) is 0 Å². The van der Waals surface area contributed by atoms with Gasteiger partial charge in [-0.25, -0.2) is 0 Å². The molecule has 4 unspecified atom stereocenters. The van der Waals surface area contributed by atoms with Gasteiger partial charge in [0.25, 0.3) is 0 Å². The van der Waals surface area contributed by atoms with Crippen LogP contribution in [0.5, 0.6) is 5.75 Å². The Bertz CT molecular complexity index is 491. The highest BCUT2D eigenvalue weighted by Crippen LogP contribution is 2.48. The lowest BCUT2D eigenvalue weighted by Crippen LogP contribution is -2.30. The number of ether oxygens (including phenoxy) is 1. The molecule has 0 amide bonds. The van der Waals surface area contributed by atoms with Crippen molar-refractivity contribution in [2.75, 3.05) is 7.11 Å². The lowest BCUT2D eigenvalue weighted by atomic mass is 9.63. The topological polar surface area (TPSA) is 9.23 Å². The third-order valence-electron chi connectivity index (χ3n) is 7.02. The van der Waals surface area contributed by atoms with Gasteiger partial charge in [0.2, 0.25) is 0 Å². The third kappa shape index (κ3) is 5.25. The summed E-state index contributed by atoms with van der Waals surface area (Å²) in [6, 6.07) is 8.87. The lowest BCUT2D eigenvalue weighted by molar-refractivity contribution is 0.113. The second-order valence-corrected chi connectivity index (χ2v) is 8.69. The van der Waals surface area contributed by atoms with Crippen LogP contribution in [0.3, 0.4) is 0 Å². The molecule has 0 heterocycles. The van der Waals surface area contributed by atoms with Crippen LogP contribution < -0.4 is 4.74 Å². The van der Waals surface area contributed by atoms with Crippen LogP contribution in [0.1, 0.15) is 95.5 Å². The molecule has 140 valence electrons. The van der Waals surface area contributed by atoms with E-state index in [-0.39, 0.29) is 0 Å². The number of methoxy groups -OCH3 is 1. The van der Waals surface area contributed by atoms with Crippen molar-refractivity contribution < 1.29 is 4.74 Å². The molecule has 0 saturated heterocycles. The van der Waals surface area contributed by atoms with E-state index in [0.717, 1.165) is 29.4 Å². The fourth-order valence-corrected chi connectivity index (χ4v) is 5.46. The van der Waals surface area contributed by atoms with Crippen molar-refractivity contribution in [2.45, 2.75) is 89.9 Å². The Labute approximate surface area is 155 Å². The Hall–Kier alpha value is -0.980. The summed E-state index contributed by atoms with van der Waals surface area (Å²) < 4.78 is 5.31. The second kappa shape index (κ2) is 9.64. The van der Waals surface area contributed by atoms with Crippen LogP contribution in [0.4, 0.5) is 0 Å². The van der Waals surface area contributed by atoms with E-state index >= 15 is 0 Å². The third-order valence-corrected chi connectivity index (χ3v) is 7.02. The van der Waals surface area contributed by atoms with E-state index in [1.54, 1.807) is 7.11 Å². The number of rotatable bonds is 8. The zero-order chi connectivity index (χ0) is 17.5. The van der Waals surface area contributed by atoms with Gasteiger partial charge in [-0.1, -0.05) is 64.0 Å². The zero-order valence-corrected chi connectivity index (χ0v) is 16.5. The van der Waals surface area contributed by atoms with E-state index in [1.165, 1.54) is 82.6 Å². The van der Waals surface area contributed by atoms with E-state index in [2.05, 4.69) is 31.2 Å². The Balaban J connectivity index is 1.43. The Morgan fingerprint density at radius 3 is 2.32 bits per heavy atom. The average Bonchev–Trinajstić information content (AvgIpc) is 2.67. The molecule has 1 heteroatoms. The maximum absolute atomic E-state index is 5.31. The summed E-state index contributed by atoms with van der Waals surface area (Å²) in [7, 11) is 1.75. The van der Waals surface area contributed by atoms with Crippen molar-refractivity contribution in [1.29, 1.82) is 0 Å². The van der Waals surface area contributed by atoms with Gasteiger partial charge in [0.05, 0.1) is 7.11 Å². The standard InChI is InChI=1S/C24H38O/c1-3-4-5-6-7-8-19-9-10-23-18-22(12-11-21(23)17-19)20-13-15-24(25-2)16-14-20/h13-16,19,21-23H,3-12,17-18H2,1-2H3. The van der Waals surface area contributed by atoms with Crippen molar-refractivity contribution in [2.24, 2.45) is 17.8 Å². The first kappa shape index (κ1) is 18.8. The van der Waals surface area contributed by atoms with E-state index in [9.17, 15) is 0 Å². The molecule has 1 nitrogen and oxygen atoms in total.